The van der Waals surface area contributed by atoms with Gasteiger partial charge in [-0.2, -0.15) is 5.10 Å². The summed E-state index contributed by atoms with van der Waals surface area (Å²) in [5, 5.41) is 4.38. The Kier molecular flexibility index (Phi) is 5.69. The standard InChI is InChI=1S/C14H27N3/c1-5-7-12(8-6-2)14(15)10-13-9-11(3)16-17(13)4/h9,12,14H,5-8,10,15H2,1-4H3. The van der Waals surface area contributed by atoms with Gasteiger partial charge < -0.3 is 5.73 Å². The van der Waals surface area contributed by atoms with Gasteiger partial charge >= 0.3 is 0 Å². The van der Waals surface area contributed by atoms with Crippen molar-refractivity contribution in [3.63, 3.8) is 0 Å². The Morgan fingerprint density at radius 2 is 1.88 bits per heavy atom. The van der Waals surface area contributed by atoms with Crippen molar-refractivity contribution < 1.29 is 0 Å². The van der Waals surface area contributed by atoms with Crippen molar-refractivity contribution >= 4 is 0 Å². The number of aromatic nitrogens is 2. The zero-order chi connectivity index (χ0) is 12.8. The van der Waals surface area contributed by atoms with Gasteiger partial charge in [-0.15, -0.1) is 0 Å². The van der Waals surface area contributed by atoms with E-state index in [2.05, 4.69) is 25.0 Å². The molecule has 0 bridgehead atoms. The van der Waals surface area contributed by atoms with Crippen molar-refractivity contribution in [3.8, 4) is 0 Å². The van der Waals surface area contributed by atoms with E-state index < -0.39 is 0 Å². The van der Waals surface area contributed by atoms with Gasteiger partial charge in [0.2, 0.25) is 0 Å². The van der Waals surface area contributed by atoms with Crippen LogP contribution in [0.4, 0.5) is 0 Å². The molecular formula is C14H27N3. The van der Waals surface area contributed by atoms with Crippen LogP contribution in [0.2, 0.25) is 0 Å². The highest BCUT2D eigenvalue weighted by Crippen LogP contribution is 2.19. The molecule has 1 heterocycles. The normalized spacial score (nSPS) is 13.3. The van der Waals surface area contributed by atoms with Crippen molar-refractivity contribution in [2.24, 2.45) is 18.7 Å². The van der Waals surface area contributed by atoms with Crippen LogP contribution < -0.4 is 5.73 Å². The molecule has 0 radical (unpaired) electrons. The molecule has 0 saturated carbocycles. The third kappa shape index (κ3) is 4.15. The Balaban J connectivity index is 2.62. The Morgan fingerprint density at radius 3 is 2.29 bits per heavy atom. The minimum Gasteiger partial charge on any atom is -0.327 e. The van der Waals surface area contributed by atoms with Crippen LogP contribution in [0.3, 0.4) is 0 Å². The number of rotatable bonds is 7. The molecule has 1 atom stereocenters. The summed E-state index contributed by atoms with van der Waals surface area (Å²) in [5.74, 6) is 0.653. The predicted molar refractivity (Wildman–Crippen MR) is 72.9 cm³/mol. The fraction of sp³-hybridized carbons (Fsp3) is 0.786. The van der Waals surface area contributed by atoms with E-state index in [1.165, 1.54) is 31.4 Å². The van der Waals surface area contributed by atoms with Crippen LogP contribution in [0.5, 0.6) is 0 Å². The summed E-state index contributed by atoms with van der Waals surface area (Å²) in [6, 6.07) is 2.42. The lowest BCUT2D eigenvalue weighted by Crippen LogP contribution is -2.33. The van der Waals surface area contributed by atoms with E-state index in [-0.39, 0.29) is 6.04 Å². The zero-order valence-corrected chi connectivity index (χ0v) is 11.7. The zero-order valence-electron chi connectivity index (χ0n) is 11.7. The molecule has 1 unspecified atom stereocenters. The fourth-order valence-electron chi connectivity index (χ4n) is 2.58. The van der Waals surface area contributed by atoms with E-state index in [9.17, 15) is 0 Å². The third-order valence-electron chi connectivity index (χ3n) is 3.47. The Labute approximate surface area is 105 Å². The molecule has 0 amide bonds. The summed E-state index contributed by atoms with van der Waals surface area (Å²) in [6.45, 7) is 6.51. The molecule has 3 heteroatoms. The van der Waals surface area contributed by atoms with Gasteiger partial charge in [-0.05, 0) is 31.7 Å². The summed E-state index contributed by atoms with van der Waals surface area (Å²) < 4.78 is 1.96. The average Bonchev–Trinajstić information content (AvgIpc) is 2.57. The first kappa shape index (κ1) is 14.2. The highest BCUT2D eigenvalue weighted by molar-refractivity contribution is 5.10. The van der Waals surface area contributed by atoms with Crippen LogP contribution in [0.25, 0.3) is 0 Å². The quantitative estimate of drug-likeness (QED) is 0.792. The van der Waals surface area contributed by atoms with E-state index >= 15 is 0 Å². The first-order valence-electron chi connectivity index (χ1n) is 6.83. The Bertz CT molecular complexity index is 324. The van der Waals surface area contributed by atoms with Crippen molar-refractivity contribution in [2.75, 3.05) is 0 Å². The maximum atomic E-state index is 6.36. The van der Waals surface area contributed by atoms with Crippen LogP contribution in [-0.2, 0) is 13.5 Å². The largest absolute Gasteiger partial charge is 0.327 e. The van der Waals surface area contributed by atoms with Crippen LogP contribution in [0.15, 0.2) is 6.07 Å². The van der Waals surface area contributed by atoms with E-state index in [4.69, 9.17) is 5.73 Å². The molecular weight excluding hydrogens is 210 g/mol. The summed E-state index contributed by atoms with van der Waals surface area (Å²) in [5.41, 5.74) is 8.70. The first-order valence-corrected chi connectivity index (χ1v) is 6.83. The lowest BCUT2D eigenvalue weighted by Gasteiger charge is -2.23. The maximum absolute atomic E-state index is 6.36. The first-order chi connectivity index (χ1) is 8.08. The molecule has 3 nitrogen and oxygen atoms in total. The van der Waals surface area contributed by atoms with Gasteiger partial charge in [0, 0.05) is 25.2 Å². The molecule has 0 aliphatic rings. The second kappa shape index (κ2) is 6.80. The molecule has 1 rings (SSSR count). The van der Waals surface area contributed by atoms with Crippen molar-refractivity contribution in [1.29, 1.82) is 0 Å². The predicted octanol–water partition coefficient (Wildman–Crippen LogP) is 2.81. The van der Waals surface area contributed by atoms with Gasteiger partial charge in [-0.25, -0.2) is 0 Å². The lowest BCUT2D eigenvalue weighted by atomic mass is 9.88. The summed E-state index contributed by atoms with van der Waals surface area (Å²) in [7, 11) is 2.00. The third-order valence-corrected chi connectivity index (χ3v) is 3.47. The maximum Gasteiger partial charge on any atom is 0.0596 e. The molecule has 0 saturated heterocycles. The molecule has 2 N–H and O–H groups in total. The summed E-state index contributed by atoms with van der Waals surface area (Å²) in [4.78, 5) is 0. The highest BCUT2D eigenvalue weighted by Gasteiger charge is 2.18. The number of aryl methyl sites for hydroxylation is 2. The highest BCUT2D eigenvalue weighted by atomic mass is 15.3. The van der Waals surface area contributed by atoms with Crippen molar-refractivity contribution in [3.05, 3.63) is 17.5 Å². The van der Waals surface area contributed by atoms with Gasteiger partial charge in [0.05, 0.1) is 5.69 Å². The summed E-state index contributed by atoms with van der Waals surface area (Å²) >= 11 is 0. The molecule has 0 spiro atoms. The number of hydrogen-bond acceptors (Lipinski definition) is 2. The van der Waals surface area contributed by atoms with E-state index in [0.717, 1.165) is 12.1 Å². The second-order valence-electron chi connectivity index (χ2n) is 5.11. The molecule has 0 aliphatic carbocycles. The molecule has 17 heavy (non-hydrogen) atoms. The Morgan fingerprint density at radius 1 is 1.29 bits per heavy atom. The second-order valence-corrected chi connectivity index (χ2v) is 5.11. The van der Waals surface area contributed by atoms with E-state index in [1.807, 2.05) is 18.7 Å². The van der Waals surface area contributed by atoms with E-state index in [0.29, 0.717) is 5.92 Å². The minimum absolute atomic E-state index is 0.268. The molecule has 1 aromatic heterocycles. The van der Waals surface area contributed by atoms with Crippen molar-refractivity contribution in [1.82, 2.24) is 9.78 Å². The van der Waals surface area contributed by atoms with Gasteiger partial charge in [-0.1, -0.05) is 26.7 Å². The molecule has 0 aliphatic heterocycles. The van der Waals surface area contributed by atoms with E-state index in [1.54, 1.807) is 0 Å². The minimum atomic E-state index is 0.268. The smallest absolute Gasteiger partial charge is 0.0596 e. The van der Waals surface area contributed by atoms with Gasteiger partial charge in [-0.3, -0.25) is 4.68 Å². The average molecular weight is 237 g/mol. The molecule has 98 valence electrons. The van der Waals surface area contributed by atoms with Crippen LogP contribution >= 0.6 is 0 Å². The van der Waals surface area contributed by atoms with Crippen LogP contribution in [0.1, 0.15) is 50.9 Å². The molecule has 0 aromatic carbocycles. The SMILES string of the molecule is CCCC(CCC)C(N)Cc1cc(C)nn1C. The van der Waals surface area contributed by atoms with Crippen LogP contribution in [-0.4, -0.2) is 15.8 Å². The van der Waals surface area contributed by atoms with Crippen LogP contribution in [0, 0.1) is 12.8 Å². The number of nitrogens with two attached hydrogens (primary N) is 1. The van der Waals surface area contributed by atoms with Gasteiger partial charge in [0.1, 0.15) is 0 Å². The number of hydrogen-bond donors (Lipinski definition) is 1. The van der Waals surface area contributed by atoms with Gasteiger partial charge in [0.15, 0.2) is 0 Å². The monoisotopic (exact) mass is 237 g/mol. The fourth-order valence-corrected chi connectivity index (χ4v) is 2.58. The summed E-state index contributed by atoms with van der Waals surface area (Å²) in [6.07, 6.45) is 5.88. The number of nitrogens with zero attached hydrogens (tertiary/aromatic N) is 2. The van der Waals surface area contributed by atoms with Gasteiger partial charge in [0.25, 0.3) is 0 Å². The van der Waals surface area contributed by atoms with Crippen molar-refractivity contribution in [2.45, 2.75) is 58.9 Å². The lowest BCUT2D eigenvalue weighted by molar-refractivity contribution is 0.355. The molecule has 0 fully saturated rings. The topological polar surface area (TPSA) is 43.8 Å². The molecule has 1 aromatic rings. The Hall–Kier alpha value is -0.830.